The Morgan fingerprint density at radius 1 is 1.20 bits per heavy atom. The van der Waals surface area contributed by atoms with Gasteiger partial charge < -0.3 is 9.64 Å². The Labute approximate surface area is 92.8 Å². The van der Waals surface area contributed by atoms with Crippen molar-refractivity contribution in [2.24, 2.45) is 11.8 Å². The fourth-order valence-electron chi connectivity index (χ4n) is 2.14. The molecule has 1 aliphatic rings. The summed E-state index contributed by atoms with van der Waals surface area (Å²) >= 11 is 0. The highest BCUT2D eigenvalue weighted by Crippen LogP contribution is 2.22. The fourth-order valence-corrected chi connectivity index (χ4v) is 2.14. The summed E-state index contributed by atoms with van der Waals surface area (Å²) in [6.45, 7) is 11.8. The SMILES string of the molecule is CC1CC(C)CN(C(=O)OC(C)(C)C)C1. The minimum Gasteiger partial charge on any atom is -0.444 e. The molecule has 0 N–H and O–H groups in total. The molecule has 1 heterocycles. The molecular weight excluding hydrogens is 190 g/mol. The van der Waals surface area contributed by atoms with E-state index in [0.717, 1.165) is 13.1 Å². The van der Waals surface area contributed by atoms with Crippen molar-refractivity contribution >= 4 is 6.09 Å². The van der Waals surface area contributed by atoms with Crippen molar-refractivity contribution in [3.8, 4) is 0 Å². The van der Waals surface area contributed by atoms with Gasteiger partial charge in [0.25, 0.3) is 0 Å². The van der Waals surface area contributed by atoms with Crippen LogP contribution in [0.4, 0.5) is 4.79 Å². The van der Waals surface area contributed by atoms with Crippen LogP contribution in [0.5, 0.6) is 0 Å². The lowest BCUT2D eigenvalue weighted by molar-refractivity contribution is 0.0120. The topological polar surface area (TPSA) is 29.5 Å². The van der Waals surface area contributed by atoms with E-state index >= 15 is 0 Å². The Kier molecular flexibility index (Phi) is 3.63. The van der Waals surface area contributed by atoms with E-state index in [2.05, 4.69) is 13.8 Å². The molecule has 1 aliphatic heterocycles. The Morgan fingerprint density at radius 2 is 1.67 bits per heavy atom. The number of amides is 1. The number of hydrogen-bond donors (Lipinski definition) is 0. The molecule has 1 rings (SSSR count). The van der Waals surface area contributed by atoms with Crippen LogP contribution in [0.2, 0.25) is 0 Å². The van der Waals surface area contributed by atoms with Crippen molar-refractivity contribution in [2.75, 3.05) is 13.1 Å². The van der Waals surface area contributed by atoms with Gasteiger partial charge in [-0.25, -0.2) is 4.79 Å². The molecule has 2 atom stereocenters. The molecule has 0 aliphatic carbocycles. The van der Waals surface area contributed by atoms with Crippen LogP contribution < -0.4 is 0 Å². The lowest BCUT2D eigenvalue weighted by Crippen LogP contribution is -2.44. The maximum atomic E-state index is 11.8. The minimum absolute atomic E-state index is 0.166. The quantitative estimate of drug-likeness (QED) is 0.619. The molecule has 3 heteroatoms. The van der Waals surface area contributed by atoms with E-state index < -0.39 is 0 Å². The van der Waals surface area contributed by atoms with Gasteiger partial charge in [-0.2, -0.15) is 0 Å². The summed E-state index contributed by atoms with van der Waals surface area (Å²) < 4.78 is 5.36. The molecule has 3 nitrogen and oxygen atoms in total. The molecule has 0 saturated carbocycles. The summed E-state index contributed by atoms with van der Waals surface area (Å²) in [5.74, 6) is 1.17. The highest BCUT2D eigenvalue weighted by molar-refractivity contribution is 5.68. The van der Waals surface area contributed by atoms with Crippen LogP contribution in [0.15, 0.2) is 0 Å². The summed E-state index contributed by atoms with van der Waals surface area (Å²) in [4.78, 5) is 13.6. The van der Waals surface area contributed by atoms with Crippen molar-refractivity contribution in [3.63, 3.8) is 0 Å². The first-order valence-electron chi connectivity index (χ1n) is 5.76. The number of carbonyl (C=O) groups is 1. The molecule has 2 unspecified atom stereocenters. The highest BCUT2D eigenvalue weighted by Gasteiger charge is 2.28. The predicted molar refractivity (Wildman–Crippen MR) is 60.8 cm³/mol. The standard InChI is InChI=1S/C12H23NO2/c1-9-6-10(2)8-13(7-9)11(14)15-12(3,4)5/h9-10H,6-8H2,1-5H3. The van der Waals surface area contributed by atoms with E-state index in [4.69, 9.17) is 4.74 Å². The first kappa shape index (κ1) is 12.3. The molecule has 0 aromatic rings. The Bertz CT molecular complexity index is 222. The molecule has 1 saturated heterocycles. The summed E-state index contributed by atoms with van der Waals surface area (Å²) in [5.41, 5.74) is -0.388. The molecule has 0 radical (unpaired) electrons. The monoisotopic (exact) mass is 213 g/mol. The van der Waals surface area contributed by atoms with Crippen molar-refractivity contribution in [2.45, 2.75) is 46.6 Å². The van der Waals surface area contributed by atoms with Gasteiger partial charge in [0.15, 0.2) is 0 Å². The average molecular weight is 213 g/mol. The lowest BCUT2D eigenvalue weighted by Gasteiger charge is -2.35. The van der Waals surface area contributed by atoms with Crippen LogP contribution in [0.25, 0.3) is 0 Å². The summed E-state index contributed by atoms with van der Waals surface area (Å²) in [6.07, 6.45) is 1.04. The summed E-state index contributed by atoms with van der Waals surface area (Å²) in [7, 11) is 0. The molecule has 1 amide bonds. The van der Waals surface area contributed by atoms with Crippen LogP contribution in [0, 0.1) is 11.8 Å². The molecule has 15 heavy (non-hydrogen) atoms. The van der Waals surface area contributed by atoms with E-state index in [1.807, 2.05) is 25.7 Å². The summed E-state index contributed by atoms with van der Waals surface area (Å²) in [6, 6.07) is 0. The van der Waals surface area contributed by atoms with Gasteiger partial charge >= 0.3 is 6.09 Å². The largest absolute Gasteiger partial charge is 0.444 e. The number of likely N-dealkylation sites (tertiary alicyclic amines) is 1. The van der Waals surface area contributed by atoms with Gasteiger partial charge in [0.2, 0.25) is 0 Å². The van der Waals surface area contributed by atoms with Crippen LogP contribution in [0.3, 0.4) is 0 Å². The molecular formula is C12H23NO2. The second kappa shape index (κ2) is 4.42. The van der Waals surface area contributed by atoms with Crippen LogP contribution in [-0.4, -0.2) is 29.7 Å². The third kappa shape index (κ3) is 4.10. The van der Waals surface area contributed by atoms with Gasteiger partial charge in [-0.1, -0.05) is 13.8 Å². The first-order valence-corrected chi connectivity index (χ1v) is 5.76. The van der Waals surface area contributed by atoms with Crippen molar-refractivity contribution in [1.29, 1.82) is 0 Å². The van der Waals surface area contributed by atoms with E-state index in [1.165, 1.54) is 6.42 Å². The number of nitrogens with zero attached hydrogens (tertiary/aromatic N) is 1. The molecule has 0 aromatic heterocycles. The van der Waals surface area contributed by atoms with E-state index in [-0.39, 0.29) is 11.7 Å². The number of ether oxygens (including phenoxy) is 1. The maximum Gasteiger partial charge on any atom is 0.410 e. The van der Waals surface area contributed by atoms with Crippen LogP contribution >= 0.6 is 0 Å². The normalized spacial score (nSPS) is 27.7. The third-order valence-electron chi connectivity index (χ3n) is 2.52. The van der Waals surface area contributed by atoms with E-state index in [0.29, 0.717) is 11.8 Å². The Hall–Kier alpha value is -0.730. The maximum absolute atomic E-state index is 11.8. The first-order chi connectivity index (χ1) is 6.78. The smallest absolute Gasteiger partial charge is 0.410 e. The van der Waals surface area contributed by atoms with E-state index in [9.17, 15) is 4.79 Å². The number of piperidine rings is 1. The zero-order valence-corrected chi connectivity index (χ0v) is 10.5. The molecule has 0 spiro atoms. The van der Waals surface area contributed by atoms with Gasteiger partial charge in [0.05, 0.1) is 0 Å². The zero-order valence-electron chi connectivity index (χ0n) is 10.5. The second-order valence-electron chi connectivity index (χ2n) is 5.83. The van der Waals surface area contributed by atoms with Gasteiger partial charge in [-0.15, -0.1) is 0 Å². The van der Waals surface area contributed by atoms with Crippen LogP contribution in [-0.2, 0) is 4.74 Å². The third-order valence-corrected chi connectivity index (χ3v) is 2.52. The molecule has 0 bridgehead atoms. The molecule has 0 aromatic carbocycles. The fraction of sp³-hybridized carbons (Fsp3) is 0.917. The Morgan fingerprint density at radius 3 is 2.07 bits per heavy atom. The van der Waals surface area contributed by atoms with Crippen LogP contribution in [0.1, 0.15) is 41.0 Å². The zero-order chi connectivity index (χ0) is 11.6. The van der Waals surface area contributed by atoms with Gasteiger partial charge in [-0.05, 0) is 39.0 Å². The molecule has 88 valence electrons. The Balaban J connectivity index is 2.52. The van der Waals surface area contributed by atoms with E-state index in [1.54, 1.807) is 0 Å². The predicted octanol–water partition coefficient (Wildman–Crippen LogP) is 2.90. The average Bonchev–Trinajstić information content (AvgIpc) is 1.98. The van der Waals surface area contributed by atoms with Crippen molar-refractivity contribution in [1.82, 2.24) is 4.90 Å². The molecule has 1 fully saturated rings. The van der Waals surface area contributed by atoms with Crippen molar-refractivity contribution < 1.29 is 9.53 Å². The highest BCUT2D eigenvalue weighted by atomic mass is 16.6. The number of rotatable bonds is 0. The number of carbonyl (C=O) groups excluding carboxylic acids is 1. The lowest BCUT2D eigenvalue weighted by atomic mass is 9.92. The van der Waals surface area contributed by atoms with Gasteiger partial charge in [-0.3, -0.25) is 0 Å². The van der Waals surface area contributed by atoms with Crippen molar-refractivity contribution in [3.05, 3.63) is 0 Å². The number of hydrogen-bond acceptors (Lipinski definition) is 2. The van der Waals surface area contributed by atoms with Gasteiger partial charge in [0, 0.05) is 13.1 Å². The van der Waals surface area contributed by atoms with Gasteiger partial charge in [0.1, 0.15) is 5.60 Å². The summed E-state index contributed by atoms with van der Waals surface area (Å²) in [5, 5.41) is 0. The minimum atomic E-state index is -0.388. The second-order valence-corrected chi connectivity index (χ2v) is 5.83.